The molecule has 2 saturated heterocycles. The molecule has 0 aliphatic carbocycles. The molecule has 0 aromatic carbocycles. The van der Waals surface area contributed by atoms with Crippen LogP contribution in [0, 0.1) is 5.41 Å². The smallest absolute Gasteiger partial charge is 0.309 e. The van der Waals surface area contributed by atoms with Crippen LogP contribution >= 0.6 is 0 Å². The first kappa shape index (κ1) is 26.2. The van der Waals surface area contributed by atoms with Gasteiger partial charge in [-0.25, -0.2) is 0 Å². The first-order valence-corrected chi connectivity index (χ1v) is 11.0. The van der Waals surface area contributed by atoms with Gasteiger partial charge in [0, 0.05) is 13.1 Å². The molecule has 4 N–H and O–H groups in total. The Morgan fingerprint density at radius 3 is 2.09 bits per heavy atom. The Balaban J connectivity index is 1.99. The molecule has 2 aliphatic rings. The standard InChI is InChI=1S/C21H34N6O6/c1-21(2,3)17(25-15(29)11-22-4)20(33)27-9-6-13-14(27)5-8-26(13)16(30)12-24-19(32)18(31)23-7-10-28/h10,13-14,17,22H,5-9,11-12H2,1-4H3,(H,23,31)(H,24,32)(H,25,29)/t13-,14-,17?/m1/s1. The molecule has 2 fully saturated rings. The van der Waals surface area contributed by atoms with Crippen LogP contribution in [0.3, 0.4) is 0 Å². The topological polar surface area (TPSA) is 157 Å². The van der Waals surface area contributed by atoms with E-state index in [-0.39, 0.29) is 49.4 Å². The lowest BCUT2D eigenvalue weighted by Crippen LogP contribution is -2.57. The molecule has 12 heteroatoms. The van der Waals surface area contributed by atoms with Gasteiger partial charge in [0.1, 0.15) is 12.3 Å². The Morgan fingerprint density at radius 1 is 0.939 bits per heavy atom. The van der Waals surface area contributed by atoms with Crippen LogP contribution in [0.5, 0.6) is 0 Å². The zero-order chi connectivity index (χ0) is 24.8. The molecule has 33 heavy (non-hydrogen) atoms. The summed E-state index contributed by atoms with van der Waals surface area (Å²) in [4.78, 5) is 75.1. The van der Waals surface area contributed by atoms with Gasteiger partial charge in [-0.2, -0.15) is 0 Å². The summed E-state index contributed by atoms with van der Waals surface area (Å²) < 4.78 is 0. The Bertz CT molecular complexity index is 795. The van der Waals surface area contributed by atoms with Gasteiger partial charge in [-0.05, 0) is 25.3 Å². The van der Waals surface area contributed by atoms with Crippen molar-refractivity contribution in [2.24, 2.45) is 5.41 Å². The van der Waals surface area contributed by atoms with Crippen molar-refractivity contribution >= 4 is 35.8 Å². The van der Waals surface area contributed by atoms with Crippen molar-refractivity contribution in [3.8, 4) is 0 Å². The van der Waals surface area contributed by atoms with Crippen LogP contribution in [-0.4, -0.2) is 104 Å². The van der Waals surface area contributed by atoms with Crippen molar-refractivity contribution in [1.29, 1.82) is 0 Å². The number of carbonyl (C=O) groups excluding carboxylic acids is 6. The number of hydrogen-bond donors (Lipinski definition) is 4. The van der Waals surface area contributed by atoms with Crippen LogP contribution in [0.15, 0.2) is 0 Å². The van der Waals surface area contributed by atoms with Gasteiger partial charge >= 0.3 is 11.8 Å². The molecule has 0 spiro atoms. The third-order valence-electron chi connectivity index (χ3n) is 5.89. The molecular formula is C21H34N6O6. The molecule has 5 amide bonds. The van der Waals surface area contributed by atoms with Crippen molar-refractivity contribution in [2.75, 3.05) is 39.8 Å². The van der Waals surface area contributed by atoms with Crippen molar-refractivity contribution in [3.63, 3.8) is 0 Å². The number of rotatable bonds is 8. The summed E-state index contributed by atoms with van der Waals surface area (Å²) in [7, 11) is 1.66. The van der Waals surface area contributed by atoms with E-state index in [1.807, 2.05) is 20.8 Å². The minimum absolute atomic E-state index is 0.104. The van der Waals surface area contributed by atoms with Gasteiger partial charge in [-0.3, -0.25) is 24.0 Å². The number of nitrogens with zero attached hydrogens (tertiary/aromatic N) is 2. The molecule has 0 saturated carbocycles. The summed E-state index contributed by atoms with van der Waals surface area (Å²) in [6.07, 6.45) is 1.64. The maximum atomic E-state index is 13.4. The molecule has 3 atom stereocenters. The average Bonchev–Trinajstić information content (AvgIpc) is 3.35. The summed E-state index contributed by atoms with van der Waals surface area (Å²) in [5.74, 6) is -2.76. The molecule has 2 aliphatic heterocycles. The third kappa shape index (κ3) is 6.50. The number of likely N-dealkylation sites (N-methyl/N-ethyl adjacent to an activating group) is 1. The maximum absolute atomic E-state index is 13.4. The number of hydrogen-bond acceptors (Lipinski definition) is 7. The normalized spacial score (nSPS) is 20.6. The summed E-state index contributed by atoms with van der Waals surface area (Å²) >= 11 is 0. The summed E-state index contributed by atoms with van der Waals surface area (Å²) in [6, 6.07) is -1.05. The molecule has 12 nitrogen and oxygen atoms in total. The molecule has 2 rings (SSSR count). The highest BCUT2D eigenvalue weighted by Gasteiger charge is 2.48. The van der Waals surface area contributed by atoms with Gasteiger partial charge in [0.25, 0.3) is 0 Å². The summed E-state index contributed by atoms with van der Waals surface area (Å²) in [5, 5.41) is 9.96. The lowest BCUT2D eigenvalue weighted by Gasteiger charge is -2.35. The molecule has 0 bridgehead atoms. The fourth-order valence-electron chi connectivity index (χ4n) is 4.31. The van der Waals surface area contributed by atoms with E-state index in [1.165, 1.54) is 0 Å². The van der Waals surface area contributed by atoms with Crippen LogP contribution in [-0.2, 0) is 28.8 Å². The fraction of sp³-hybridized carbons (Fsp3) is 0.714. The van der Waals surface area contributed by atoms with Gasteiger partial charge in [0.15, 0.2) is 0 Å². The SMILES string of the molecule is CNCC(=O)NC(C(=O)N1CC[C@@H]2[C@H]1CCN2C(=O)CNC(=O)C(=O)NCC=O)C(C)(C)C. The number of fused-ring (bicyclic) bond motifs is 1. The number of carbonyl (C=O) groups is 6. The van der Waals surface area contributed by atoms with Crippen molar-refractivity contribution in [3.05, 3.63) is 0 Å². The number of amides is 5. The highest BCUT2D eigenvalue weighted by Crippen LogP contribution is 2.33. The molecule has 184 valence electrons. The van der Waals surface area contributed by atoms with Gasteiger partial charge < -0.3 is 35.9 Å². The molecule has 1 unspecified atom stereocenters. The van der Waals surface area contributed by atoms with Crippen molar-refractivity contribution in [1.82, 2.24) is 31.1 Å². The highest BCUT2D eigenvalue weighted by atomic mass is 16.2. The van der Waals surface area contributed by atoms with E-state index in [1.54, 1.807) is 16.8 Å². The van der Waals surface area contributed by atoms with E-state index >= 15 is 0 Å². The van der Waals surface area contributed by atoms with Crippen LogP contribution in [0.1, 0.15) is 33.6 Å². The quantitative estimate of drug-likeness (QED) is 0.225. The minimum atomic E-state index is -0.991. The molecular weight excluding hydrogens is 432 g/mol. The third-order valence-corrected chi connectivity index (χ3v) is 5.89. The first-order valence-electron chi connectivity index (χ1n) is 11.0. The Kier molecular flexibility index (Phi) is 8.91. The first-order chi connectivity index (χ1) is 15.5. The molecule has 0 aromatic rings. The lowest BCUT2D eigenvalue weighted by atomic mass is 9.85. The predicted octanol–water partition coefficient (Wildman–Crippen LogP) is -2.63. The predicted molar refractivity (Wildman–Crippen MR) is 118 cm³/mol. The fourth-order valence-corrected chi connectivity index (χ4v) is 4.31. The van der Waals surface area contributed by atoms with Gasteiger partial charge in [0.05, 0.1) is 31.7 Å². The van der Waals surface area contributed by atoms with Crippen molar-refractivity contribution in [2.45, 2.75) is 51.7 Å². The zero-order valence-electron chi connectivity index (χ0n) is 19.6. The van der Waals surface area contributed by atoms with Crippen molar-refractivity contribution < 1.29 is 28.8 Å². The molecule has 2 heterocycles. The Hall–Kier alpha value is -3.02. The number of likely N-dealkylation sites (tertiary alicyclic amines) is 2. The zero-order valence-corrected chi connectivity index (χ0v) is 19.6. The Morgan fingerprint density at radius 2 is 1.52 bits per heavy atom. The second kappa shape index (κ2) is 11.2. The van der Waals surface area contributed by atoms with Gasteiger partial charge in [0.2, 0.25) is 17.7 Å². The molecule has 0 radical (unpaired) electrons. The van der Waals surface area contributed by atoms with E-state index < -0.39 is 23.3 Å². The maximum Gasteiger partial charge on any atom is 0.309 e. The summed E-state index contributed by atoms with van der Waals surface area (Å²) in [5.41, 5.74) is -0.499. The molecule has 0 aromatic heterocycles. The second-order valence-corrected chi connectivity index (χ2v) is 9.29. The second-order valence-electron chi connectivity index (χ2n) is 9.29. The highest BCUT2D eigenvalue weighted by molar-refractivity contribution is 6.35. The number of nitrogens with one attached hydrogen (secondary N) is 4. The van der Waals surface area contributed by atoms with Gasteiger partial charge in [-0.1, -0.05) is 20.8 Å². The van der Waals surface area contributed by atoms with Crippen LogP contribution < -0.4 is 21.3 Å². The summed E-state index contributed by atoms with van der Waals surface area (Å²) in [6.45, 7) is 6.03. The van der Waals surface area contributed by atoms with E-state index in [0.717, 1.165) is 0 Å². The minimum Gasteiger partial charge on any atom is -0.343 e. The monoisotopic (exact) mass is 466 g/mol. The average molecular weight is 467 g/mol. The van der Waals surface area contributed by atoms with Gasteiger partial charge in [-0.15, -0.1) is 0 Å². The van der Waals surface area contributed by atoms with E-state index in [2.05, 4.69) is 21.3 Å². The lowest BCUT2D eigenvalue weighted by molar-refractivity contribution is -0.141. The van der Waals surface area contributed by atoms with Crippen LogP contribution in [0.2, 0.25) is 0 Å². The number of aldehydes is 1. The van der Waals surface area contributed by atoms with Crippen LogP contribution in [0.25, 0.3) is 0 Å². The van der Waals surface area contributed by atoms with Crippen LogP contribution in [0.4, 0.5) is 0 Å². The Labute approximate surface area is 193 Å². The van der Waals surface area contributed by atoms with E-state index in [9.17, 15) is 28.8 Å². The van der Waals surface area contributed by atoms with E-state index in [0.29, 0.717) is 32.2 Å². The van der Waals surface area contributed by atoms with E-state index in [4.69, 9.17) is 0 Å². The largest absolute Gasteiger partial charge is 0.343 e.